The van der Waals surface area contributed by atoms with E-state index in [9.17, 15) is 22.0 Å². The number of anilines is 1. The van der Waals surface area contributed by atoms with Crippen molar-refractivity contribution < 1.29 is 26.7 Å². The van der Waals surface area contributed by atoms with E-state index < -0.39 is 38.4 Å². The quantitative estimate of drug-likeness (QED) is 0.846. The number of alkyl halides is 2. The van der Waals surface area contributed by atoms with Crippen molar-refractivity contribution in [2.45, 2.75) is 16.7 Å². The zero-order valence-electron chi connectivity index (χ0n) is 10.8. The van der Waals surface area contributed by atoms with Crippen LogP contribution in [0.4, 0.5) is 14.5 Å². The summed E-state index contributed by atoms with van der Waals surface area (Å²) in [4.78, 5) is 11.4. The Morgan fingerprint density at radius 2 is 2.00 bits per heavy atom. The first-order valence-electron chi connectivity index (χ1n) is 6.09. The maximum absolute atomic E-state index is 12.6. The normalized spacial score (nSPS) is 22.5. The molecule has 1 aliphatic heterocycles. The molecule has 0 saturated carbocycles. The highest BCUT2D eigenvalue weighted by Gasteiger charge is 2.33. The van der Waals surface area contributed by atoms with E-state index in [0.29, 0.717) is 0 Å². The summed E-state index contributed by atoms with van der Waals surface area (Å²) in [5.74, 6) is -4.77. The number of ether oxygens (including phenoxy) is 1. The van der Waals surface area contributed by atoms with Gasteiger partial charge in [-0.15, -0.1) is 0 Å². The van der Waals surface area contributed by atoms with Crippen LogP contribution in [-0.4, -0.2) is 39.3 Å². The molecule has 0 aliphatic carbocycles. The number of amides is 1. The number of nitrogens with one attached hydrogen (secondary N) is 1. The van der Waals surface area contributed by atoms with Crippen LogP contribution >= 0.6 is 0 Å². The van der Waals surface area contributed by atoms with Gasteiger partial charge in [0, 0.05) is 6.04 Å². The van der Waals surface area contributed by atoms with Gasteiger partial charge in [-0.2, -0.15) is 8.78 Å². The largest absolute Gasteiger partial charge is 0.379 e. The van der Waals surface area contributed by atoms with Gasteiger partial charge in [-0.3, -0.25) is 4.79 Å². The molecular weight excluding hydrogens is 306 g/mol. The number of carbonyl (C=O) groups excluding carboxylic acids is 1. The Labute approximate surface area is 120 Å². The van der Waals surface area contributed by atoms with Crippen molar-refractivity contribution in [3.8, 4) is 0 Å². The van der Waals surface area contributed by atoms with Gasteiger partial charge in [0.05, 0.1) is 29.7 Å². The average molecular weight is 320 g/mol. The highest BCUT2D eigenvalue weighted by Crippen LogP contribution is 2.27. The van der Waals surface area contributed by atoms with Crippen LogP contribution in [0.15, 0.2) is 29.2 Å². The zero-order chi connectivity index (χ0) is 15.6. The third-order valence-electron chi connectivity index (χ3n) is 3.15. The number of carbonyl (C=O) groups is 1. The van der Waals surface area contributed by atoms with E-state index in [1.165, 1.54) is 18.2 Å². The lowest BCUT2D eigenvalue weighted by molar-refractivity contribution is -0.120. The monoisotopic (exact) mass is 320 g/mol. The lowest BCUT2D eigenvalue weighted by Gasteiger charge is -2.15. The first kappa shape index (κ1) is 15.8. The van der Waals surface area contributed by atoms with Gasteiger partial charge in [-0.05, 0) is 12.1 Å². The minimum atomic E-state index is -4.80. The van der Waals surface area contributed by atoms with E-state index in [1.807, 2.05) is 0 Å². The SMILES string of the molecule is NC1COCC1C(=O)Nc1ccccc1S(=O)(=O)C(F)F. The molecule has 6 nitrogen and oxygen atoms in total. The van der Waals surface area contributed by atoms with Gasteiger partial charge in [-0.1, -0.05) is 12.1 Å². The number of hydrogen-bond donors (Lipinski definition) is 2. The summed E-state index contributed by atoms with van der Waals surface area (Å²) in [6.45, 7) is 0.325. The van der Waals surface area contributed by atoms with E-state index in [2.05, 4.69) is 5.32 Å². The molecule has 1 fully saturated rings. The first-order chi connectivity index (χ1) is 9.84. The van der Waals surface area contributed by atoms with Crippen LogP contribution in [0.3, 0.4) is 0 Å². The third-order valence-corrected chi connectivity index (χ3v) is 4.59. The second kappa shape index (κ2) is 6.04. The Morgan fingerprint density at radius 1 is 1.33 bits per heavy atom. The highest BCUT2D eigenvalue weighted by molar-refractivity contribution is 7.91. The summed E-state index contributed by atoms with van der Waals surface area (Å²) >= 11 is 0. The van der Waals surface area contributed by atoms with Crippen molar-refractivity contribution in [1.82, 2.24) is 0 Å². The van der Waals surface area contributed by atoms with E-state index in [0.717, 1.165) is 6.07 Å². The second-order valence-corrected chi connectivity index (χ2v) is 6.49. The number of nitrogens with two attached hydrogens (primary N) is 1. The minimum Gasteiger partial charge on any atom is -0.379 e. The van der Waals surface area contributed by atoms with Crippen LogP contribution in [0.25, 0.3) is 0 Å². The molecule has 0 bridgehead atoms. The smallest absolute Gasteiger partial charge is 0.341 e. The van der Waals surface area contributed by atoms with Crippen LogP contribution < -0.4 is 11.1 Å². The van der Waals surface area contributed by atoms with Crippen molar-refractivity contribution in [3.63, 3.8) is 0 Å². The molecule has 3 N–H and O–H groups in total. The van der Waals surface area contributed by atoms with Crippen molar-refractivity contribution in [2.75, 3.05) is 18.5 Å². The number of para-hydroxylation sites is 1. The van der Waals surface area contributed by atoms with Crippen LogP contribution in [0.2, 0.25) is 0 Å². The van der Waals surface area contributed by atoms with Gasteiger partial charge in [0.15, 0.2) is 0 Å². The van der Waals surface area contributed by atoms with E-state index >= 15 is 0 Å². The Morgan fingerprint density at radius 3 is 2.57 bits per heavy atom. The lowest BCUT2D eigenvalue weighted by Crippen LogP contribution is -2.37. The number of benzene rings is 1. The molecule has 1 heterocycles. The van der Waals surface area contributed by atoms with Gasteiger partial charge in [0.2, 0.25) is 15.7 Å². The van der Waals surface area contributed by atoms with Gasteiger partial charge in [-0.25, -0.2) is 8.42 Å². The summed E-state index contributed by atoms with van der Waals surface area (Å²) in [6.07, 6.45) is 0. The van der Waals surface area contributed by atoms with Crippen LogP contribution in [-0.2, 0) is 19.4 Å². The number of halogens is 2. The van der Waals surface area contributed by atoms with Crippen molar-refractivity contribution in [2.24, 2.45) is 11.7 Å². The molecule has 1 aromatic rings. The molecule has 0 aromatic heterocycles. The predicted molar refractivity (Wildman–Crippen MR) is 70.5 cm³/mol. The van der Waals surface area contributed by atoms with Crippen LogP contribution in [0.1, 0.15) is 0 Å². The number of hydrogen-bond acceptors (Lipinski definition) is 5. The lowest BCUT2D eigenvalue weighted by atomic mass is 10.0. The standard InChI is InChI=1S/C12H14F2N2O4S/c13-12(14)21(18,19)10-4-2-1-3-9(10)16-11(17)7-5-20-6-8(7)15/h1-4,7-8,12H,5-6,15H2,(H,16,17). The number of sulfone groups is 1. The summed E-state index contributed by atoms with van der Waals surface area (Å²) in [6, 6.07) is 4.49. The minimum absolute atomic E-state index is 0.108. The molecule has 1 aromatic carbocycles. The Kier molecular flexibility index (Phi) is 4.55. The Balaban J connectivity index is 2.27. The van der Waals surface area contributed by atoms with Gasteiger partial charge >= 0.3 is 5.76 Å². The molecule has 116 valence electrons. The third kappa shape index (κ3) is 3.20. The Bertz CT molecular complexity index is 636. The van der Waals surface area contributed by atoms with Gasteiger partial charge < -0.3 is 15.8 Å². The molecule has 2 atom stereocenters. The van der Waals surface area contributed by atoms with E-state index in [-0.39, 0.29) is 18.9 Å². The van der Waals surface area contributed by atoms with Gasteiger partial charge in [0.25, 0.3) is 0 Å². The molecule has 21 heavy (non-hydrogen) atoms. The summed E-state index contributed by atoms with van der Waals surface area (Å²) in [5, 5.41) is 2.33. The molecular formula is C12H14F2N2O4S. The fourth-order valence-electron chi connectivity index (χ4n) is 1.98. The maximum Gasteiger partial charge on any atom is 0.341 e. The summed E-state index contributed by atoms with van der Waals surface area (Å²) in [5.41, 5.74) is 5.49. The van der Waals surface area contributed by atoms with Crippen molar-refractivity contribution in [1.29, 1.82) is 0 Å². The zero-order valence-corrected chi connectivity index (χ0v) is 11.6. The van der Waals surface area contributed by atoms with Gasteiger partial charge in [0.1, 0.15) is 0 Å². The molecule has 1 saturated heterocycles. The maximum atomic E-state index is 12.6. The van der Waals surface area contributed by atoms with Crippen molar-refractivity contribution in [3.05, 3.63) is 24.3 Å². The predicted octanol–water partition coefficient (Wildman–Crippen LogP) is 0.595. The topological polar surface area (TPSA) is 98.5 Å². The molecule has 0 radical (unpaired) electrons. The van der Waals surface area contributed by atoms with Crippen molar-refractivity contribution >= 4 is 21.4 Å². The fraction of sp³-hybridized carbons (Fsp3) is 0.417. The molecule has 1 amide bonds. The fourth-order valence-corrected chi connectivity index (χ4v) is 2.87. The van der Waals surface area contributed by atoms with E-state index in [4.69, 9.17) is 10.5 Å². The molecule has 2 unspecified atom stereocenters. The average Bonchev–Trinajstić information content (AvgIpc) is 2.85. The molecule has 1 aliphatic rings. The Hall–Kier alpha value is -1.58. The van der Waals surface area contributed by atoms with Crippen LogP contribution in [0.5, 0.6) is 0 Å². The van der Waals surface area contributed by atoms with E-state index in [1.54, 1.807) is 0 Å². The molecule has 0 spiro atoms. The summed E-state index contributed by atoms with van der Waals surface area (Å²) < 4.78 is 53.5. The summed E-state index contributed by atoms with van der Waals surface area (Å²) in [7, 11) is -4.80. The first-order valence-corrected chi connectivity index (χ1v) is 7.64. The molecule has 9 heteroatoms. The number of rotatable bonds is 4. The van der Waals surface area contributed by atoms with Crippen LogP contribution in [0, 0.1) is 5.92 Å². The highest BCUT2D eigenvalue weighted by atomic mass is 32.2. The second-order valence-electron chi connectivity index (χ2n) is 4.60. The molecule has 2 rings (SSSR count).